The van der Waals surface area contributed by atoms with Crippen molar-refractivity contribution >= 4 is 0 Å². The summed E-state index contributed by atoms with van der Waals surface area (Å²) in [5.41, 5.74) is 4.77. The minimum Gasteiger partial charge on any atom is -0.488 e. The highest BCUT2D eigenvalue weighted by Crippen LogP contribution is 2.24. The summed E-state index contributed by atoms with van der Waals surface area (Å²) in [6, 6.07) is 17.2. The Labute approximate surface area is 222 Å². The first-order valence-corrected chi connectivity index (χ1v) is 13.6. The maximum atomic E-state index is 5.78. The summed E-state index contributed by atoms with van der Waals surface area (Å²) in [4.78, 5) is 8.96. The molecule has 0 radical (unpaired) electrons. The molecule has 2 unspecified atom stereocenters. The number of nitrogens with zero attached hydrogens (tertiary/aromatic N) is 2. The quantitative estimate of drug-likeness (QED) is 0.140. The van der Waals surface area contributed by atoms with Crippen LogP contribution in [0.4, 0.5) is 0 Å². The van der Waals surface area contributed by atoms with Crippen molar-refractivity contribution in [2.45, 2.75) is 78.6 Å². The summed E-state index contributed by atoms with van der Waals surface area (Å²) in [5.74, 6) is 1.27. The van der Waals surface area contributed by atoms with Crippen LogP contribution in [0.25, 0.3) is 22.5 Å². The van der Waals surface area contributed by atoms with Crippen LogP contribution in [-0.4, -0.2) is 42.4 Å². The van der Waals surface area contributed by atoms with Gasteiger partial charge in [0, 0.05) is 12.2 Å². The van der Waals surface area contributed by atoms with Crippen LogP contribution < -0.4 is 4.74 Å². The Hall–Kier alpha value is -2.80. The topological polar surface area (TPSA) is 62.7 Å². The summed E-state index contributed by atoms with van der Waals surface area (Å²) in [5, 5.41) is 0. The van der Waals surface area contributed by atoms with Crippen molar-refractivity contribution < 1.29 is 18.9 Å². The minimum atomic E-state index is -0.282. The lowest BCUT2D eigenvalue weighted by atomic mass is 10.0. The lowest BCUT2D eigenvalue weighted by Crippen LogP contribution is -2.22. The fourth-order valence-electron chi connectivity index (χ4n) is 3.75. The molecule has 0 bridgehead atoms. The first kappa shape index (κ1) is 28.8. The zero-order valence-corrected chi connectivity index (χ0v) is 22.8. The standard InChI is InChI=1S/C31H42N2O4/c1-5-7-9-10-26-11-13-27(14-12-26)28-15-17-29(18-16-28)31-32-20-30(21-33-31)35-22-24(3)36-23-37-25(4)34-19-8-6-2/h11-18,20-21,24-25H,5-10,19,22-23H2,1-4H3. The van der Waals surface area contributed by atoms with Gasteiger partial charge in [-0.2, -0.15) is 0 Å². The van der Waals surface area contributed by atoms with Crippen LogP contribution in [0.5, 0.6) is 5.75 Å². The zero-order valence-electron chi connectivity index (χ0n) is 22.8. The second-order valence-corrected chi connectivity index (χ2v) is 9.34. The molecule has 2 aromatic carbocycles. The molecular weight excluding hydrogens is 464 g/mol. The van der Waals surface area contributed by atoms with E-state index in [0.29, 0.717) is 24.8 Å². The van der Waals surface area contributed by atoms with Crippen LogP contribution in [0.2, 0.25) is 0 Å². The van der Waals surface area contributed by atoms with Crippen LogP contribution in [0.3, 0.4) is 0 Å². The molecule has 6 nitrogen and oxygen atoms in total. The maximum Gasteiger partial charge on any atom is 0.159 e. The van der Waals surface area contributed by atoms with Crippen molar-refractivity contribution in [1.29, 1.82) is 0 Å². The van der Waals surface area contributed by atoms with Gasteiger partial charge in [-0.05, 0) is 49.8 Å². The Morgan fingerprint density at radius 2 is 1.32 bits per heavy atom. The van der Waals surface area contributed by atoms with E-state index in [1.54, 1.807) is 12.4 Å². The Kier molecular flexibility index (Phi) is 12.5. The molecular formula is C31H42N2O4. The van der Waals surface area contributed by atoms with Crippen molar-refractivity contribution in [3.8, 4) is 28.3 Å². The molecule has 0 fully saturated rings. The lowest BCUT2D eigenvalue weighted by Gasteiger charge is -2.17. The zero-order chi connectivity index (χ0) is 26.3. The van der Waals surface area contributed by atoms with Gasteiger partial charge < -0.3 is 18.9 Å². The van der Waals surface area contributed by atoms with Crippen LogP contribution in [0, 0.1) is 0 Å². The van der Waals surface area contributed by atoms with Crippen LogP contribution in [-0.2, 0) is 20.6 Å². The average molecular weight is 507 g/mol. The molecule has 3 rings (SSSR count). The summed E-state index contributed by atoms with van der Waals surface area (Å²) in [6.45, 7) is 9.41. The molecule has 0 aliphatic rings. The van der Waals surface area contributed by atoms with Crippen molar-refractivity contribution in [1.82, 2.24) is 9.97 Å². The summed E-state index contributed by atoms with van der Waals surface area (Å²) < 4.78 is 22.5. The third-order valence-corrected chi connectivity index (χ3v) is 6.12. The first-order chi connectivity index (χ1) is 18.1. The van der Waals surface area contributed by atoms with E-state index in [1.165, 1.54) is 36.0 Å². The Morgan fingerprint density at radius 3 is 1.97 bits per heavy atom. The highest BCUT2D eigenvalue weighted by Gasteiger charge is 2.08. The minimum absolute atomic E-state index is 0.138. The predicted molar refractivity (Wildman–Crippen MR) is 148 cm³/mol. The number of rotatable bonds is 17. The molecule has 1 heterocycles. The normalized spacial score (nSPS) is 12.9. The molecule has 2 atom stereocenters. The second kappa shape index (κ2) is 16.1. The Balaban J connectivity index is 1.43. The highest BCUT2D eigenvalue weighted by atomic mass is 16.7. The smallest absolute Gasteiger partial charge is 0.159 e. The first-order valence-electron chi connectivity index (χ1n) is 13.6. The van der Waals surface area contributed by atoms with E-state index in [1.807, 2.05) is 13.8 Å². The van der Waals surface area contributed by atoms with Crippen molar-refractivity contribution in [3.63, 3.8) is 0 Å². The molecule has 37 heavy (non-hydrogen) atoms. The third-order valence-electron chi connectivity index (χ3n) is 6.12. The Bertz CT molecular complexity index is 1010. The van der Waals surface area contributed by atoms with Gasteiger partial charge in [-0.3, -0.25) is 0 Å². The van der Waals surface area contributed by atoms with E-state index in [2.05, 4.69) is 72.3 Å². The van der Waals surface area contributed by atoms with E-state index in [9.17, 15) is 0 Å². The molecule has 0 spiro atoms. The van der Waals surface area contributed by atoms with Crippen LogP contribution >= 0.6 is 0 Å². The van der Waals surface area contributed by atoms with Gasteiger partial charge in [0.25, 0.3) is 0 Å². The number of unbranched alkanes of at least 4 members (excludes halogenated alkanes) is 3. The maximum absolute atomic E-state index is 5.78. The van der Waals surface area contributed by atoms with Gasteiger partial charge in [0.2, 0.25) is 0 Å². The van der Waals surface area contributed by atoms with Crippen LogP contribution in [0.1, 0.15) is 65.4 Å². The largest absolute Gasteiger partial charge is 0.488 e. The molecule has 200 valence electrons. The van der Waals surface area contributed by atoms with E-state index in [4.69, 9.17) is 18.9 Å². The number of aryl methyl sites for hydroxylation is 1. The third kappa shape index (κ3) is 10.2. The van der Waals surface area contributed by atoms with Crippen molar-refractivity contribution in [2.75, 3.05) is 20.0 Å². The average Bonchev–Trinajstić information content (AvgIpc) is 2.93. The van der Waals surface area contributed by atoms with Gasteiger partial charge in [-0.25, -0.2) is 9.97 Å². The van der Waals surface area contributed by atoms with Gasteiger partial charge in [-0.15, -0.1) is 0 Å². The van der Waals surface area contributed by atoms with Gasteiger partial charge in [0.1, 0.15) is 13.4 Å². The molecule has 0 aliphatic carbocycles. The van der Waals surface area contributed by atoms with Gasteiger partial charge in [-0.1, -0.05) is 81.6 Å². The fourth-order valence-corrected chi connectivity index (χ4v) is 3.75. The second-order valence-electron chi connectivity index (χ2n) is 9.34. The molecule has 0 saturated heterocycles. The SMILES string of the molecule is CCCCCc1ccc(-c2ccc(-c3ncc(OCC(C)OCOC(C)OCCCC)cn3)cc2)cc1. The van der Waals surface area contributed by atoms with Gasteiger partial charge >= 0.3 is 0 Å². The summed E-state index contributed by atoms with van der Waals surface area (Å²) in [7, 11) is 0. The monoisotopic (exact) mass is 506 g/mol. The Morgan fingerprint density at radius 1 is 0.703 bits per heavy atom. The molecule has 0 N–H and O–H groups in total. The van der Waals surface area contributed by atoms with Crippen LogP contribution in [0.15, 0.2) is 60.9 Å². The lowest BCUT2D eigenvalue weighted by molar-refractivity contribution is -0.198. The van der Waals surface area contributed by atoms with E-state index in [0.717, 1.165) is 24.8 Å². The molecule has 0 amide bonds. The van der Waals surface area contributed by atoms with Crippen molar-refractivity contribution in [2.24, 2.45) is 0 Å². The molecule has 6 heteroatoms. The van der Waals surface area contributed by atoms with Gasteiger partial charge in [0.05, 0.1) is 18.5 Å². The molecule has 3 aromatic rings. The predicted octanol–water partition coefficient (Wildman–Crippen LogP) is 7.46. The molecule has 0 aliphatic heterocycles. The number of benzene rings is 2. The molecule has 1 aromatic heterocycles. The van der Waals surface area contributed by atoms with E-state index >= 15 is 0 Å². The van der Waals surface area contributed by atoms with E-state index in [-0.39, 0.29) is 19.2 Å². The number of aromatic nitrogens is 2. The number of hydrogen-bond donors (Lipinski definition) is 0. The molecule has 0 saturated carbocycles. The number of hydrogen-bond acceptors (Lipinski definition) is 6. The van der Waals surface area contributed by atoms with E-state index < -0.39 is 0 Å². The highest BCUT2D eigenvalue weighted by molar-refractivity contribution is 5.67. The summed E-state index contributed by atoms with van der Waals surface area (Å²) >= 11 is 0. The van der Waals surface area contributed by atoms with Crippen molar-refractivity contribution in [3.05, 3.63) is 66.5 Å². The van der Waals surface area contributed by atoms with Gasteiger partial charge in [0.15, 0.2) is 17.9 Å². The summed E-state index contributed by atoms with van der Waals surface area (Å²) in [6.07, 6.45) is 10.0. The fraction of sp³-hybridized carbons (Fsp3) is 0.484. The number of ether oxygens (including phenoxy) is 4.